The number of hydrogen-bond donors (Lipinski definition) is 1. The van der Waals surface area contributed by atoms with Crippen LogP contribution >= 0.6 is 0 Å². The van der Waals surface area contributed by atoms with Crippen LogP contribution in [0.5, 0.6) is 11.5 Å². The van der Waals surface area contributed by atoms with E-state index in [0.29, 0.717) is 36.0 Å². The van der Waals surface area contributed by atoms with Crippen molar-refractivity contribution in [1.82, 2.24) is 4.98 Å². The molecule has 3 aromatic rings. The lowest BCUT2D eigenvalue weighted by atomic mass is 10.1. The highest BCUT2D eigenvalue weighted by atomic mass is 16.5. The Kier molecular flexibility index (Phi) is 6.59. The van der Waals surface area contributed by atoms with Crippen LogP contribution in [0.4, 0.5) is 5.69 Å². The Balaban J connectivity index is 1.70. The van der Waals surface area contributed by atoms with E-state index in [4.69, 9.17) is 14.2 Å². The first-order valence-electron chi connectivity index (χ1n) is 8.78. The summed E-state index contributed by atoms with van der Waals surface area (Å²) in [7, 11) is 3.21. The van der Waals surface area contributed by atoms with Crippen LogP contribution in [0.15, 0.2) is 67.0 Å². The summed E-state index contributed by atoms with van der Waals surface area (Å²) >= 11 is 0. The molecule has 0 radical (unpaired) electrons. The molecule has 0 spiro atoms. The van der Waals surface area contributed by atoms with Gasteiger partial charge in [-0.3, -0.25) is 9.78 Å². The smallest absolute Gasteiger partial charge is 0.255 e. The molecule has 6 nitrogen and oxygen atoms in total. The maximum Gasteiger partial charge on any atom is 0.255 e. The van der Waals surface area contributed by atoms with Crippen LogP contribution in [0.2, 0.25) is 0 Å². The monoisotopic (exact) mass is 378 g/mol. The average Bonchev–Trinajstić information content (AvgIpc) is 2.74. The lowest BCUT2D eigenvalue weighted by molar-refractivity contribution is 0.102. The van der Waals surface area contributed by atoms with Crippen LogP contribution in [0.25, 0.3) is 0 Å². The van der Waals surface area contributed by atoms with Gasteiger partial charge in [0.05, 0.1) is 13.7 Å². The number of carbonyl (C=O) groups is 1. The van der Waals surface area contributed by atoms with Gasteiger partial charge in [-0.05, 0) is 35.9 Å². The van der Waals surface area contributed by atoms with E-state index in [1.165, 1.54) is 0 Å². The van der Waals surface area contributed by atoms with Gasteiger partial charge in [-0.25, -0.2) is 0 Å². The number of nitrogens with one attached hydrogen (secondary N) is 1. The number of amides is 1. The molecule has 1 N–H and O–H groups in total. The molecule has 0 saturated heterocycles. The molecule has 3 rings (SSSR count). The first-order valence-corrected chi connectivity index (χ1v) is 8.78. The van der Waals surface area contributed by atoms with Gasteiger partial charge < -0.3 is 19.5 Å². The van der Waals surface area contributed by atoms with Crippen LogP contribution < -0.4 is 14.8 Å². The fourth-order valence-corrected chi connectivity index (χ4v) is 2.63. The van der Waals surface area contributed by atoms with Gasteiger partial charge in [-0.1, -0.05) is 18.2 Å². The first-order chi connectivity index (χ1) is 13.7. The minimum absolute atomic E-state index is 0.202. The van der Waals surface area contributed by atoms with Crippen LogP contribution in [0.1, 0.15) is 21.5 Å². The summed E-state index contributed by atoms with van der Waals surface area (Å²) in [5.74, 6) is 0.928. The second-order valence-electron chi connectivity index (χ2n) is 6.10. The van der Waals surface area contributed by atoms with Crippen LogP contribution in [-0.2, 0) is 18.0 Å². The molecule has 0 saturated carbocycles. The number of nitrogens with zero attached hydrogens (tertiary/aromatic N) is 1. The van der Waals surface area contributed by atoms with Crippen molar-refractivity contribution in [3.8, 4) is 11.5 Å². The fraction of sp³-hybridized carbons (Fsp3) is 0.182. The third-order valence-electron chi connectivity index (χ3n) is 4.07. The molecule has 28 heavy (non-hydrogen) atoms. The Morgan fingerprint density at radius 3 is 2.46 bits per heavy atom. The molecule has 0 aliphatic carbocycles. The largest absolute Gasteiger partial charge is 0.493 e. The zero-order chi connectivity index (χ0) is 19.8. The molecule has 0 aliphatic rings. The summed E-state index contributed by atoms with van der Waals surface area (Å²) in [5.41, 5.74) is 3.13. The predicted octanol–water partition coefficient (Wildman–Crippen LogP) is 4.07. The van der Waals surface area contributed by atoms with Crippen LogP contribution in [0.3, 0.4) is 0 Å². The van der Waals surface area contributed by atoms with Crippen LogP contribution in [-0.4, -0.2) is 25.1 Å². The molecule has 0 unspecified atom stereocenters. The number of hydrogen-bond acceptors (Lipinski definition) is 5. The van der Waals surface area contributed by atoms with Gasteiger partial charge in [0.25, 0.3) is 5.91 Å². The van der Waals surface area contributed by atoms with Gasteiger partial charge >= 0.3 is 0 Å². The number of benzene rings is 2. The Labute approximate surface area is 164 Å². The molecule has 1 aromatic heterocycles. The molecule has 6 heteroatoms. The van der Waals surface area contributed by atoms with E-state index in [9.17, 15) is 4.79 Å². The predicted molar refractivity (Wildman–Crippen MR) is 107 cm³/mol. The number of ether oxygens (including phenoxy) is 3. The van der Waals surface area contributed by atoms with Crippen molar-refractivity contribution in [2.24, 2.45) is 0 Å². The van der Waals surface area contributed by atoms with Gasteiger partial charge in [0.2, 0.25) is 0 Å². The van der Waals surface area contributed by atoms with Gasteiger partial charge in [-0.15, -0.1) is 0 Å². The summed E-state index contributed by atoms with van der Waals surface area (Å²) in [6.45, 7) is 0.862. The summed E-state index contributed by atoms with van der Waals surface area (Å²) in [6.07, 6.45) is 3.45. The third kappa shape index (κ3) is 5.08. The quantitative estimate of drug-likeness (QED) is 0.640. The number of aromatic nitrogens is 1. The number of methoxy groups -OCH3 is 2. The normalized spacial score (nSPS) is 10.4. The summed E-state index contributed by atoms with van der Waals surface area (Å²) in [6, 6.07) is 16.3. The molecule has 1 amide bonds. The van der Waals surface area contributed by atoms with Gasteiger partial charge in [0.1, 0.15) is 6.61 Å². The third-order valence-corrected chi connectivity index (χ3v) is 4.07. The number of anilines is 1. The van der Waals surface area contributed by atoms with E-state index in [2.05, 4.69) is 10.3 Å². The fourth-order valence-electron chi connectivity index (χ4n) is 2.63. The summed E-state index contributed by atoms with van der Waals surface area (Å²) in [5, 5.41) is 2.88. The van der Waals surface area contributed by atoms with Crippen LogP contribution in [0, 0.1) is 0 Å². The van der Waals surface area contributed by atoms with Crippen molar-refractivity contribution < 1.29 is 19.0 Å². The zero-order valence-corrected chi connectivity index (χ0v) is 15.8. The molecular formula is C22H22N2O4. The standard InChI is InChI=1S/C22H22N2O4/c1-26-14-16-5-7-18(8-6-16)22(25)24-19-9-10-20(27-2)21(12-19)28-15-17-4-3-11-23-13-17/h3-13H,14-15H2,1-2H3,(H,24,25). The molecule has 0 aliphatic heterocycles. The Bertz CT molecular complexity index is 912. The van der Waals surface area contributed by atoms with Gasteiger partial charge in [-0.2, -0.15) is 0 Å². The van der Waals surface area contributed by atoms with Gasteiger partial charge in [0.15, 0.2) is 11.5 Å². The number of pyridine rings is 1. The topological polar surface area (TPSA) is 69.7 Å². The Morgan fingerprint density at radius 2 is 1.79 bits per heavy atom. The Morgan fingerprint density at radius 1 is 0.964 bits per heavy atom. The Hall–Kier alpha value is -3.38. The van der Waals surface area contributed by atoms with E-state index in [0.717, 1.165) is 11.1 Å². The highest BCUT2D eigenvalue weighted by Crippen LogP contribution is 2.31. The molecule has 1 heterocycles. The molecular weight excluding hydrogens is 356 g/mol. The van der Waals surface area contributed by atoms with Gasteiger partial charge in [0, 0.05) is 42.4 Å². The van der Waals surface area contributed by atoms with Crippen molar-refractivity contribution in [3.63, 3.8) is 0 Å². The molecule has 2 aromatic carbocycles. The molecule has 144 valence electrons. The van der Waals surface area contributed by atoms with E-state index < -0.39 is 0 Å². The SMILES string of the molecule is COCc1ccc(C(=O)Nc2ccc(OC)c(OCc3cccnc3)c2)cc1. The number of carbonyl (C=O) groups excluding carboxylic acids is 1. The highest BCUT2D eigenvalue weighted by molar-refractivity contribution is 6.04. The minimum Gasteiger partial charge on any atom is -0.493 e. The van der Waals surface area contributed by atoms with E-state index in [-0.39, 0.29) is 5.91 Å². The maximum absolute atomic E-state index is 12.5. The minimum atomic E-state index is -0.202. The van der Waals surface area contributed by atoms with Crippen molar-refractivity contribution in [2.75, 3.05) is 19.5 Å². The maximum atomic E-state index is 12.5. The first kappa shape index (κ1) is 19.4. The molecule has 0 atom stereocenters. The van der Waals surface area contributed by atoms with E-state index in [1.54, 1.807) is 56.9 Å². The van der Waals surface area contributed by atoms with Crippen molar-refractivity contribution >= 4 is 11.6 Å². The molecule has 0 bridgehead atoms. The van der Waals surface area contributed by atoms with E-state index >= 15 is 0 Å². The average molecular weight is 378 g/mol. The lowest BCUT2D eigenvalue weighted by Crippen LogP contribution is -2.12. The second kappa shape index (κ2) is 9.53. The highest BCUT2D eigenvalue weighted by Gasteiger charge is 2.10. The number of rotatable bonds is 8. The van der Waals surface area contributed by atoms with Crippen molar-refractivity contribution in [2.45, 2.75) is 13.2 Å². The summed E-state index contributed by atoms with van der Waals surface area (Å²) < 4.78 is 16.3. The summed E-state index contributed by atoms with van der Waals surface area (Å²) in [4.78, 5) is 16.6. The zero-order valence-electron chi connectivity index (χ0n) is 15.8. The lowest BCUT2D eigenvalue weighted by Gasteiger charge is -2.13. The van der Waals surface area contributed by atoms with E-state index in [1.807, 2.05) is 24.3 Å². The van der Waals surface area contributed by atoms with Crippen molar-refractivity contribution in [3.05, 3.63) is 83.7 Å². The van der Waals surface area contributed by atoms with Crippen molar-refractivity contribution in [1.29, 1.82) is 0 Å². The molecule has 0 fully saturated rings. The second-order valence-corrected chi connectivity index (χ2v) is 6.10.